The molecule has 1 aromatic rings. The Balaban J connectivity index is 1.69. The first-order valence-electron chi connectivity index (χ1n) is 5.63. The summed E-state index contributed by atoms with van der Waals surface area (Å²) in [4.78, 5) is 0. The van der Waals surface area contributed by atoms with Crippen LogP contribution >= 0.6 is 0 Å². The number of hydrogen-bond acceptors (Lipinski definition) is 3. The predicted molar refractivity (Wildman–Crippen MR) is 58.4 cm³/mol. The van der Waals surface area contributed by atoms with Crippen molar-refractivity contribution in [2.24, 2.45) is 5.92 Å². The Bertz CT molecular complexity index is 311. The molecule has 0 aliphatic heterocycles. The average Bonchev–Trinajstić information content (AvgIpc) is 2.77. The van der Waals surface area contributed by atoms with Crippen LogP contribution in [0.25, 0.3) is 0 Å². The molecule has 0 spiro atoms. The van der Waals surface area contributed by atoms with Crippen molar-refractivity contribution in [2.75, 3.05) is 6.54 Å². The van der Waals surface area contributed by atoms with E-state index in [1.165, 1.54) is 5.56 Å². The van der Waals surface area contributed by atoms with Gasteiger partial charge in [0.25, 0.3) is 0 Å². The standard InChI is InChI=1S/C11H19N3O/c1-8-10(7-13-14-8)6-12-5-9-2-3-11(15)4-9/h7,9,11-12,15H,2-6H2,1H3,(H,13,14). The summed E-state index contributed by atoms with van der Waals surface area (Å²) < 4.78 is 0. The minimum Gasteiger partial charge on any atom is -0.393 e. The summed E-state index contributed by atoms with van der Waals surface area (Å²) in [7, 11) is 0. The largest absolute Gasteiger partial charge is 0.393 e. The fraction of sp³-hybridized carbons (Fsp3) is 0.727. The van der Waals surface area contributed by atoms with Crippen LogP contribution in [-0.2, 0) is 6.54 Å². The first-order chi connectivity index (χ1) is 7.25. The lowest BCUT2D eigenvalue weighted by Crippen LogP contribution is -2.21. The first-order valence-corrected chi connectivity index (χ1v) is 5.63. The monoisotopic (exact) mass is 209 g/mol. The summed E-state index contributed by atoms with van der Waals surface area (Å²) in [5, 5.41) is 19.7. The molecule has 0 bridgehead atoms. The van der Waals surface area contributed by atoms with Crippen molar-refractivity contribution in [1.82, 2.24) is 15.5 Å². The van der Waals surface area contributed by atoms with Gasteiger partial charge in [0.2, 0.25) is 0 Å². The molecule has 84 valence electrons. The molecule has 2 rings (SSSR count). The Labute approximate surface area is 90.1 Å². The minimum absolute atomic E-state index is 0.0625. The second-order valence-electron chi connectivity index (χ2n) is 4.48. The van der Waals surface area contributed by atoms with Crippen molar-refractivity contribution in [2.45, 2.75) is 38.8 Å². The number of H-pyrrole nitrogens is 1. The molecule has 1 heterocycles. The molecule has 2 atom stereocenters. The molecule has 3 N–H and O–H groups in total. The van der Waals surface area contributed by atoms with Gasteiger partial charge >= 0.3 is 0 Å². The number of aryl methyl sites for hydroxylation is 1. The highest BCUT2D eigenvalue weighted by Gasteiger charge is 2.21. The van der Waals surface area contributed by atoms with E-state index in [9.17, 15) is 5.11 Å². The van der Waals surface area contributed by atoms with Crippen molar-refractivity contribution in [3.63, 3.8) is 0 Å². The van der Waals surface area contributed by atoms with Crippen LogP contribution in [0.4, 0.5) is 0 Å². The number of hydrogen-bond donors (Lipinski definition) is 3. The number of aromatic nitrogens is 2. The van der Waals surface area contributed by atoms with Gasteiger partial charge in [-0.25, -0.2) is 0 Å². The van der Waals surface area contributed by atoms with Crippen molar-refractivity contribution < 1.29 is 5.11 Å². The van der Waals surface area contributed by atoms with Gasteiger partial charge in [0, 0.05) is 17.8 Å². The predicted octanol–water partition coefficient (Wildman–Crippen LogP) is 0.969. The summed E-state index contributed by atoms with van der Waals surface area (Å²) in [5.74, 6) is 0.646. The summed E-state index contributed by atoms with van der Waals surface area (Å²) in [6.07, 6.45) is 4.88. The highest BCUT2D eigenvalue weighted by atomic mass is 16.3. The molecule has 0 aromatic carbocycles. The fourth-order valence-corrected chi connectivity index (χ4v) is 2.20. The van der Waals surface area contributed by atoms with E-state index in [1.54, 1.807) is 0 Å². The molecular weight excluding hydrogens is 190 g/mol. The molecule has 0 saturated heterocycles. The van der Waals surface area contributed by atoms with Gasteiger partial charge in [0.05, 0.1) is 12.3 Å². The Morgan fingerprint density at radius 1 is 1.60 bits per heavy atom. The zero-order valence-corrected chi connectivity index (χ0v) is 9.16. The van der Waals surface area contributed by atoms with E-state index in [2.05, 4.69) is 15.5 Å². The summed E-state index contributed by atoms with van der Waals surface area (Å²) in [6, 6.07) is 0. The van der Waals surface area contributed by atoms with Gasteiger partial charge in [0.1, 0.15) is 0 Å². The number of rotatable bonds is 4. The van der Waals surface area contributed by atoms with Crippen molar-refractivity contribution >= 4 is 0 Å². The quantitative estimate of drug-likeness (QED) is 0.692. The van der Waals surface area contributed by atoms with E-state index < -0.39 is 0 Å². The normalized spacial score (nSPS) is 26.0. The molecule has 1 aliphatic rings. The summed E-state index contributed by atoms with van der Waals surface area (Å²) in [6.45, 7) is 3.90. The molecule has 1 aromatic heterocycles. The fourth-order valence-electron chi connectivity index (χ4n) is 2.20. The molecule has 0 radical (unpaired) electrons. The van der Waals surface area contributed by atoms with E-state index >= 15 is 0 Å². The highest BCUT2D eigenvalue weighted by Crippen LogP contribution is 2.24. The molecule has 4 heteroatoms. The van der Waals surface area contributed by atoms with Crippen molar-refractivity contribution in [1.29, 1.82) is 0 Å². The minimum atomic E-state index is -0.0625. The van der Waals surface area contributed by atoms with Gasteiger partial charge in [-0.05, 0) is 38.6 Å². The maximum atomic E-state index is 9.38. The van der Waals surface area contributed by atoms with Crippen LogP contribution in [0, 0.1) is 12.8 Å². The molecule has 1 saturated carbocycles. The van der Waals surface area contributed by atoms with Crippen LogP contribution in [0.15, 0.2) is 6.20 Å². The van der Waals surface area contributed by atoms with Crippen LogP contribution in [0.1, 0.15) is 30.5 Å². The van der Waals surface area contributed by atoms with Gasteiger partial charge in [-0.3, -0.25) is 5.10 Å². The molecule has 4 nitrogen and oxygen atoms in total. The Morgan fingerprint density at radius 3 is 3.07 bits per heavy atom. The van der Waals surface area contributed by atoms with Crippen LogP contribution in [0.5, 0.6) is 0 Å². The maximum absolute atomic E-state index is 9.38. The lowest BCUT2D eigenvalue weighted by atomic mass is 10.1. The topological polar surface area (TPSA) is 60.9 Å². The third-order valence-corrected chi connectivity index (χ3v) is 3.20. The van der Waals surface area contributed by atoms with E-state index in [-0.39, 0.29) is 6.10 Å². The molecule has 2 unspecified atom stereocenters. The number of nitrogens with zero attached hydrogens (tertiary/aromatic N) is 1. The summed E-state index contributed by atoms with van der Waals surface area (Å²) in [5.41, 5.74) is 2.36. The van der Waals surface area contributed by atoms with Crippen LogP contribution in [-0.4, -0.2) is 28.0 Å². The number of aliphatic hydroxyl groups excluding tert-OH is 1. The second-order valence-corrected chi connectivity index (χ2v) is 4.48. The first kappa shape index (κ1) is 10.6. The number of aliphatic hydroxyl groups is 1. The zero-order valence-electron chi connectivity index (χ0n) is 9.16. The molecule has 15 heavy (non-hydrogen) atoms. The van der Waals surface area contributed by atoms with Crippen molar-refractivity contribution in [3.8, 4) is 0 Å². The maximum Gasteiger partial charge on any atom is 0.0543 e. The van der Waals surface area contributed by atoms with Crippen LogP contribution in [0.3, 0.4) is 0 Å². The van der Waals surface area contributed by atoms with E-state index in [1.807, 2.05) is 13.1 Å². The lowest BCUT2D eigenvalue weighted by Gasteiger charge is -2.10. The summed E-state index contributed by atoms with van der Waals surface area (Å²) >= 11 is 0. The lowest BCUT2D eigenvalue weighted by molar-refractivity contribution is 0.177. The number of nitrogens with one attached hydrogen (secondary N) is 2. The molecule has 1 fully saturated rings. The van der Waals surface area contributed by atoms with Gasteiger partial charge < -0.3 is 10.4 Å². The van der Waals surface area contributed by atoms with Gasteiger partial charge in [-0.15, -0.1) is 0 Å². The Hall–Kier alpha value is -0.870. The zero-order chi connectivity index (χ0) is 10.7. The van der Waals surface area contributed by atoms with E-state index in [0.29, 0.717) is 5.92 Å². The Kier molecular flexibility index (Phi) is 3.38. The van der Waals surface area contributed by atoms with E-state index in [0.717, 1.165) is 38.0 Å². The third kappa shape index (κ3) is 2.79. The Morgan fingerprint density at radius 2 is 2.47 bits per heavy atom. The van der Waals surface area contributed by atoms with Gasteiger partial charge in [0.15, 0.2) is 0 Å². The highest BCUT2D eigenvalue weighted by molar-refractivity contribution is 5.13. The van der Waals surface area contributed by atoms with Gasteiger partial charge in [-0.1, -0.05) is 0 Å². The van der Waals surface area contributed by atoms with Gasteiger partial charge in [-0.2, -0.15) is 5.10 Å². The van der Waals surface area contributed by atoms with Crippen LogP contribution < -0.4 is 5.32 Å². The SMILES string of the molecule is Cc1[nH]ncc1CNCC1CCC(O)C1. The smallest absolute Gasteiger partial charge is 0.0543 e. The van der Waals surface area contributed by atoms with Crippen molar-refractivity contribution in [3.05, 3.63) is 17.5 Å². The number of aromatic amines is 1. The van der Waals surface area contributed by atoms with Crippen LogP contribution in [0.2, 0.25) is 0 Å². The third-order valence-electron chi connectivity index (χ3n) is 3.20. The molecule has 1 aliphatic carbocycles. The molecular formula is C11H19N3O. The second kappa shape index (κ2) is 4.77. The van der Waals surface area contributed by atoms with E-state index in [4.69, 9.17) is 0 Å². The average molecular weight is 209 g/mol. The molecule has 0 amide bonds.